The predicted octanol–water partition coefficient (Wildman–Crippen LogP) is 0.309. The Morgan fingerprint density at radius 3 is 2.05 bits per heavy atom. The Hall–Kier alpha value is -1.79. The van der Waals surface area contributed by atoms with E-state index in [0.717, 1.165) is 0 Å². The first-order valence-electron chi connectivity index (χ1n) is 6.44. The Labute approximate surface area is 113 Å². The molecule has 7 heteroatoms. The third-order valence-corrected chi connectivity index (χ3v) is 3.16. The van der Waals surface area contributed by atoms with Gasteiger partial charge in [0.2, 0.25) is 11.8 Å². The fourth-order valence-electron chi connectivity index (χ4n) is 2.08. The van der Waals surface area contributed by atoms with Crippen LogP contribution in [0.5, 0.6) is 0 Å². The first-order valence-corrected chi connectivity index (χ1v) is 6.44. The quantitative estimate of drug-likeness (QED) is 0.219. The normalized spacial score (nSPS) is 13.9. The van der Waals surface area contributed by atoms with Gasteiger partial charge in [0, 0.05) is 0 Å². The van der Waals surface area contributed by atoms with Crippen molar-refractivity contribution in [3.8, 4) is 0 Å². The minimum Gasteiger partial charge on any atom is -0.409 e. The molecule has 0 aromatic carbocycles. The summed E-state index contributed by atoms with van der Waals surface area (Å²) in [6.45, 7) is 5.30. The molecule has 7 nitrogen and oxygen atoms in total. The summed E-state index contributed by atoms with van der Waals surface area (Å²) in [6.07, 6.45) is 2.26. The van der Waals surface area contributed by atoms with Crippen molar-refractivity contribution in [3.63, 3.8) is 0 Å². The average molecular weight is 272 g/mol. The van der Waals surface area contributed by atoms with Crippen LogP contribution in [0, 0.1) is 5.41 Å². The summed E-state index contributed by atoms with van der Waals surface area (Å²) >= 11 is 0. The van der Waals surface area contributed by atoms with Crippen LogP contribution in [0.2, 0.25) is 0 Å². The van der Waals surface area contributed by atoms with Gasteiger partial charge in [-0.3, -0.25) is 9.59 Å². The Morgan fingerprint density at radius 1 is 1.26 bits per heavy atom. The molecule has 1 atom stereocenters. The van der Waals surface area contributed by atoms with Gasteiger partial charge in [0.15, 0.2) is 5.84 Å². The van der Waals surface area contributed by atoms with Crippen molar-refractivity contribution < 1.29 is 14.8 Å². The summed E-state index contributed by atoms with van der Waals surface area (Å²) in [6, 6.07) is -0.799. The van der Waals surface area contributed by atoms with Crippen LogP contribution in [0.1, 0.15) is 46.5 Å². The lowest BCUT2D eigenvalue weighted by molar-refractivity contribution is -0.132. The lowest BCUT2D eigenvalue weighted by atomic mass is 9.77. The number of carbonyl (C=O) groups is 2. The molecule has 0 radical (unpaired) electrons. The highest BCUT2D eigenvalue weighted by atomic mass is 16.4. The van der Waals surface area contributed by atoms with E-state index in [4.69, 9.17) is 16.7 Å². The van der Waals surface area contributed by atoms with E-state index in [1.165, 1.54) is 6.92 Å². The van der Waals surface area contributed by atoms with Crippen molar-refractivity contribution in [2.75, 3.05) is 0 Å². The van der Waals surface area contributed by atoms with Gasteiger partial charge in [-0.2, -0.15) is 0 Å². The lowest BCUT2D eigenvalue weighted by Gasteiger charge is -2.31. The second-order valence-corrected chi connectivity index (χ2v) is 4.66. The summed E-state index contributed by atoms with van der Waals surface area (Å²) in [5.41, 5.74) is 9.72. The molecule has 0 rings (SSSR count). The highest BCUT2D eigenvalue weighted by Crippen LogP contribution is 2.31. The van der Waals surface area contributed by atoms with Gasteiger partial charge in [0.25, 0.3) is 0 Å². The maximum absolute atomic E-state index is 12.4. The molecule has 0 aromatic rings. The lowest BCUT2D eigenvalue weighted by Crippen LogP contribution is -2.54. The van der Waals surface area contributed by atoms with Crippen LogP contribution in [0.3, 0.4) is 0 Å². The highest BCUT2D eigenvalue weighted by Gasteiger charge is 2.42. The third kappa shape index (κ3) is 4.11. The minimum absolute atomic E-state index is 0.134. The molecule has 1 unspecified atom stereocenters. The van der Waals surface area contributed by atoms with Gasteiger partial charge in [-0.15, -0.1) is 0 Å². The summed E-state index contributed by atoms with van der Waals surface area (Å²) in [5.74, 6) is -1.20. The molecule has 0 bridgehead atoms. The zero-order chi connectivity index (χ0) is 15.1. The second-order valence-electron chi connectivity index (χ2n) is 4.66. The molecule has 0 aliphatic carbocycles. The van der Waals surface area contributed by atoms with Crippen LogP contribution >= 0.6 is 0 Å². The van der Waals surface area contributed by atoms with Crippen molar-refractivity contribution in [2.45, 2.75) is 52.5 Å². The number of carbonyl (C=O) groups excluding carboxylic acids is 2. The van der Waals surface area contributed by atoms with Crippen molar-refractivity contribution >= 4 is 17.6 Å². The predicted molar refractivity (Wildman–Crippen MR) is 72.5 cm³/mol. The van der Waals surface area contributed by atoms with Gasteiger partial charge >= 0.3 is 0 Å². The van der Waals surface area contributed by atoms with Gasteiger partial charge in [0.05, 0.1) is 0 Å². The third-order valence-electron chi connectivity index (χ3n) is 3.16. The number of oxime groups is 1. The van der Waals surface area contributed by atoms with Gasteiger partial charge in [-0.05, 0) is 19.8 Å². The summed E-state index contributed by atoms with van der Waals surface area (Å²) in [7, 11) is 0. The summed E-state index contributed by atoms with van der Waals surface area (Å²) in [4.78, 5) is 23.4. The Morgan fingerprint density at radius 2 is 1.74 bits per heavy atom. The van der Waals surface area contributed by atoms with Gasteiger partial charge in [-0.1, -0.05) is 31.8 Å². The van der Waals surface area contributed by atoms with E-state index in [1.54, 1.807) is 0 Å². The van der Waals surface area contributed by atoms with Crippen LogP contribution in [0.4, 0.5) is 0 Å². The summed E-state index contributed by atoms with van der Waals surface area (Å²) < 4.78 is 0. The number of amidine groups is 1. The van der Waals surface area contributed by atoms with E-state index in [9.17, 15) is 9.59 Å². The number of rotatable bonds is 8. The number of hydrogen-bond donors (Lipinski definition) is 4. The van der Waals surface area contributed by atoms with E-state index < -0.39 is 23.3 Å². The van der Waals surface area contributed by atoms with E-state index in [-0.39, 0.29) is 5.84 Å². The molecule has 0 aromatic heterocycles. The topological polar surface area (TPSA) is 131 Å². The van der Waals surface area contributed by atoms with E-state index in [0.29, 0.717) is 25.7 Å². The largest absolute Gasteiger partial charge is 0.409 e. The molecule has 2 amide bonds. The number of nitrogens with one attached hydrogen (secondary N) is 1. The smallest absolute Gasteiger partial charge is 0.239 e. The zero-order valence-electron chi connectivity index (χ0n) is 11.8. The first kappa shape index (κ1) is 17.2. The molecular formula is C12H24N4O3. The maximum atomic E-state index is 12.4. The molecule has 0 saturated carbocycles. The molecule has 0 aliphatic rings. The molecule has 0 saturated heterocycles. The molecule has 0 fully saturated rings. The number of nitrogens with two attached hydrogens (primary N) is 2. The monoisotopic (exact) mass is 272 g/mol. The number of hydrogen-bond acceptors (Lipinski definition) is 4. The highest BCUT2D eigenvalue weighted by molar-refractivity contribution is 6.07. The fraction of sp³-hybridized carbons (Fsp3) is 0.750. The van der Waals surface area contributed by atoms with Crippen LogP contribution in [-0.2, 0) is 9.59 Å². The number of amides is 2. The van der Waals surface area contributed by atoms with Crippen molar-refractivity contribution in [1.29, 1.82) is 0 Å². The molecule has 0 heterocycles. The minimum atomic E-state index is -1.10. The van der Waals surface area contributed by atoms with Crippen molar-refractivity contribution in [2.24, 2.45) is 22.0 Å². The Bertz CT molecular complexity index is 349. The SMILES string of the molecule is CCCC(CCC)(C(=O)NC(C)C(N)=O)C(N)=NO. The maximum Gasteiger partial charge on any atom is 0.239 e. The first-order chi connectivity index (χ1) is 8.85. The molecule has 6 N–H and O–H groups in total. The Kier molecular flexibility index (Phi) is 6.89. The van der Waals surface area contributed by atoms with Gasteiger partial charge in [-0.25, -0.2) is 0 Å². The Balaban J connectivity index is 5.31. The van der Waals surface area contributed by atoms with Crippen LogP contribution in [0.25, 0.3) is 0 Å². The van der Waals surface area contributed by atoms with E-state index >= 15 is 0 Å². The van der Waals surface area contributed by atoms with Crippen LogP contribution < -0.4 is 16.8 Å². The standard InChI is InChI=1S/C12H24N4O3/c1-4-6-12(7-5-2,10(14)16-19)11(18)15-8(3)9(13)17/h8,19H,4-7H2,1-3H3,(H2,13,17)(H2,14,16)(H,15,18). The van der Waals surface area contributed by atoms with Crippen LogP contribution in [0.15, 0.2) is 5.16 Å². The van der Waals surface area contributed by atoms with Crippen molar-refractivity contribution in [3.05, 3.63) is 0 Å². The van der Waals surface area contributed by atoms with E-state index in [1.807, 2.05) is 13.8 Å². The molecule has 110 valence electrons. The second kappa shape index (κ2) is 7.60. The summed E-state index contributed by atoms with van der Waals surface area (Å²) in [5, 5.41) is 14.4. The van der Waals surface area contributed by atoms with Gasteiger partial charge in [0.1, 0.15) is 11.5 Å². The fourth-order valence-corrected chi connectivity index (χ4v) is 2.08. The van der Waals surface area contributed by atoms with Gasteiger partial charge < -0.3 is 22.0 Å². The molecule has 0 aliphatic heterocycles. The number of primary amides is 1. The molecule has 0 spiro atoms. The molecular weight excluding hydrogens is 248 g/mol. The van der Waals surface area contributed by atoms with Crippen molar-refractivity contribution in [1.82, 2.24) is 5.32 Å². The molecule has 19 heavy (non-hydrogen) atoms. The van der Waals surface area contributed by atoms with E-state index in [2.05, 4.69) is 10.5 Å². The average Bonchev–Trinajstić information content (AvgIpc) is 2.36. The number of nitrogens with zero attached hydrogens (tertiary/aromatic N) is 1. The van der Waals surface area contributed by atoms with Crippen LogP contribution in [-0.4, -0.2) is 28.9 Å². The zero-order valence-corrected chi connectivity index (χ0v) is 11.8.